The number of rotatable bonds is 4. The Labute approximate surface area is 87.3 Å². The summed E-state index contributed by atoms with van der Waals surface area (Å²) in [7, 11) is 3.32. The third-order valence-electron chi connectivity index (χ3n) is 1.96. The maximum Gasteiger partial charge on any atom is 0.221 e. The van der Waals surface area contributed by atoms with Crippen LogP contribution in [-0.4, -0.2) is 36.5 Å². The van der Waals surface area contributed by atoms with Crippen molar-refractivity contribution < 1.29 is 9.18 Å². The molecule has 5 nitrogen and oxygen atoms in total. The number of hydrogen-bond donors (Lipinski definition) is 1. The topological polar surface area (TPSA) is 58.1 Å². The Morgan fingerprint density at radius 1 is 1.60 bits per heavy atom. The summed E-state index contributed by atoms with van der Waals surface area (Å²) in [5, 5.41) is 2.51. The maximum absolute atomic E-state index is 12.7. The van der Waals surface area contributed by atoms with Gasteiger partial charge in [0.2, 0.25) is 11.9 Å². The first-order chi connectivity index (χ1) is 7.13. The van der Waals surface area contributed by atoms with Gasteiger partial charge in [-0.3, -0.25) is 4.79 Å². The molecular formula is C9H13FN4O. The van der Waals surface area contributed by atoms with E-state index in [9.17, 15) is 9.18 Å². The summed E-state index contributed by atoms with van der Waals surface area (Å²) in [5.74, 6) is -0.172. The van der Waals surface area contributed by atoms with Gasteiger partial charge in [0.1, 0.15) is 12.1 Å². The average Bonchev–Trinajstić information content (AvgIpc) is 2.25. The monoisotopic (exact) mass is 212 g/mol. The largest absolute Gasteiger partial charge is 0.359 e. The van der Waals surface area contributed by atoms with E-state index in [1.807, 2.05) is 0 Å². The van der Waals surface area contributed by atoms with E-state index < -0.39 is 5.95 Å². The molecule has 0 saturated carbocycles. The Morgan fingerprint density at radius 2 is 2.33 bits per heavy atom. The van der Waals surface area contributed by atoms with Crippen LogP contribution in [0.5, 0.6) is 0 Å². The van der Waals surface area contributed by atoms with Gasteiger partial charge >= 0.3 is 0 Å². The molecule has 1 N–H and O–H groups in total. The Morgan fingerprint density at radius 3 is 2.93 bits per heavy atom. The summed E-state index contributed by atoms with van der Waals surface area (Å²) >= 11 is 0. The number of nitrogens with zero attached hydrogens (tertiary/aromatic N) is 3. The fraction of sp³-hybridized carbons (Fsp3) is 0.444. The third-order valence-corrected chi connectivity index (χ3v) is 1.96. The van der Waals surface area contributed by atoms with Crippen molar-refractivity contribution in [2.24, 2.45) is 0 Å². The van der Waals surface area contributed by atoms with E-state index in [4.69, 9.17) is 0 Å². The molecule has 1 heterocycles. The highest BCUT2D eigenvalue weighted by atomic mass is 19.1. The molecule has 0 aliphatic carbocycles. The van der Waals surface area contributed by atoms with Crippen LogP contribution < -0.4 is 10.2 Å². The summed E-state index contributed by atoms with van der Waals surface area (Å²) in [6.07, 6.45) is 1.50. The van der Waals surface area contributed by atoms with Crippen molar-refractivity contribution in [2.75, 3.05) is 25.5 Å². The molecule has 82 valence electrons. The van der Waals surface area contributed by atoms with Crippen molar-refractivity contribution in [3.05, 3.63) is 18.3 Å². The lowest BCUT2D eigenvalue weighted by atomic mass is 10.3. The van der Waals surface area contributed by atoms with Crippen molar-refractivity contribution in [2.45, 2.75) is 6.42 Å². The molecular weight excluding hydrogens is 199 g/mol. The molecule has 1 amide bonds. The highest BCUT2D eigenvalue weighted by Crippen LogP contribution is 2.07. The average molecular weight is 212 g/mol. The van der Waals surface area contributed by atoms with Gasteiger partial charge in [-0.05, 0) is 0 Å². The van der Waals surface area contributed by atoms with Gasteiger partial charge in [-0.2, -0.15) is 4.39 Å². The minimum atomic E-state index is -0.577. The van der Waals surface area contributed by atoms with Crippen LogP contribution in [0.1, 0.15) is 6.42 Å². The lowest BCUT2D eigenvalue weighted by Crippen LogP contribution is -2.26. The zero-order valence-corrected chi connectivity index (χ0v) is 8.70. The fourth-order valence-electron chi connectivity index (χ4n) is 1.04. The van der Waals surface area contributed by atoms with E-state index in [0.717, 1.165) is 6.33 Å². The Hall–Kier alpha value is -1.72. The third kappa shape index (κ3) is 3.49. The van der Waals surface area contributed by atoms with Crippen molar-refractivity contribution in [3.8, 4) is 0 Å². The van der Waals surface area contributed by atoms with E-state index in [-0.39, 0.29) is 5.91 Å². The summed E-state index contributed by atoms with van der Waals surface area (Å²) in [5.41, 5.74) is 0. The smallest absolute Gasteiger partial charge is 0.221 e. The molecule has 0 aromatic carbocycles. The number of hydrogen-bond acceptors (Lipinski definition) is 4. The summed E-state index contributed by atoms with van der Waals surface area (Å²) < 4.78 is 12.7. The van der Waals surface area contributed by atoms with E-state index in [0.29, 0.717) is 18.8 Å². The first kappa shape index (κ1) is 11.4. The Balaban J connectivity index is 2.53. The summed E-state index contributed by atoms with van der Waals surface area (Å²) in [6, 6.07) is 1.23. The second-order valence-electron chi connectivity index (χ2n) is 3.04. The standard InChI is InChI=1S/C9H13FN4O/c1-11-9(15)3-4-14(2)8-5-7(10)12-6-13-8/h5-6H,3-4H2,1-2H3,(H,11,15). The zero-order chi connectivity index (χ0) is 11.3. The second-order valence-corrected chi connectivity index (χ2v) is 3.04. The van der Waals surface area contributed by atoms with Gasteiger partial charge in [-0.25, -0.2) is 9.97 Å². The number of nitrogens with one attached hydrogen (secondary N) is 1. The van der Waals surface area contributed by atoms with Gasteiger partial charge in [0.25, 0.3) is 0 Å². The minimum absolute atomic E-state index is 0.0589. The molecule has 0 unspecified atom stereocenters. The number of carbonyl (C=O) groups is 1. The molecule has 6 heteroatoms. The lowest BCUT2D eigenvalue weighted by molar-refractivity contribution is -0.120. The predicted molar refractivity (Wildman–Crippen MR) is 53.9 cm³/mol. The second kappa shape index (κ2) is 5.23. The summed E-state index contributed by atoms with van der Waals surface area (Å²) in [4.78, 5) is 19.9. The molecule has 0 fully saturated rings. The van der Waals surface area contributed by atoms with Crippen molar-refractivity contribution in [3.63, 3.8) is 0 Å². The van der Waals surface area contributed by atoms with Crippen LogP contribution in [0.2, 0.25) is 0 Å². The zero-order valence-electron chi connectivity index (χ0n) is 8.70. The minimum Gasteiger partial charge on any atom is -0.359 e. The van der Waals surface area contributed by atoms with Crippen LogP contribution in [0.15, 0.2) is 12.4 Å². The van der Waals surface area contributed by atoms with Crippen LogP contribution >= 0.6 is 0 Å². The SMILES string of the molecule is CNC(=O)CCN(C)c1cc(F)ncn1. The molecule has 1 aromatic heterocycles. The van der Waals surface area contributed by atoms with Crippen molar-refractivity contribution >= 4 is 11.7 Å². The van der Waals surface area contributed by atoms with Crippen LogP contribution in [0.25, 0.3) is 0 Å². The van der Waals surface area contributed by atoms with Gasteiger partial charge in [-0.15, -0.1) is 0 Å². The molecule has 0 aliphatic rings. The molecule has 0 bridgehead atoms. The predicted octanol–water partition coefficient (Wildman–Crippen LogP) is 0.188. The Bertz CT molecular complexity index is 345. The number of amides is 1. The van der Waals surface area contributed by atoms with Crippen LogP contribution in [0.4, 0.5) is 10.2 Å². The molecule has 0 spiro atoms. The van der Waals surface area contributed by atoms with Gasteiger partial charge < -0.3 is 10.2 Å². The van der Waals surface area contributed by atoms with E-state index in [1.54, 1.807) is 19.0 Å². The van der Waals surface area contributed by atoms with Crippen LogP contribution in [0, 0.1) is 5.95 Å². The van der Waals surface area contributed by atoms with E-state index in [2.05, 4.69) is 15.3 Å². The van der Waals surface area contributed by atoms with Crippen molar-refractivity contribution in [1.82, 2.24) is 15.3 Å². The first-order valence-electron chi connectivity index (χ1n) is 4.52. The van der Waals surface area contributed by atoms with Gasteiger partial charge in [-0.1, -0.05) is 0 Å². The van der Waals surface area contributed by atoms with Crippen molar-refractivity contribution in [1.29, 1.82) is 0 Å². The molecule has 15 heavy (non-hydrogen) atoms. The molecule has 0 radical (unpaired) electrons. The van der Waals surface area contributed by atoms with Gasteiger partial charge in [0.05, 0.1) is 0 Å². The molecule has 1 aromatic rings. The molecule has 0 aliphatic heterocycles. The van der Waals surface area contributed by atoms with Crippen LogP contribution in [-0.2, 0) is 4.79 Å². The van der Waals surface area contributed by atoms with Gasteiger partial charge in [0, 0.05) is 33.1 Å². The molecule has 0 atom stereocenters. The number of anilines is 1. The molecule has 0 saturated heterocycles. The number of halogens is 1. The lowest BCUT2D eigenvalue weighted by Gasteiger charge is -2.16. The van der Waals surface area contributed by atoms with Gasteiger partial charge in [0.15, 0.2) is 0 Å². The highest BCUT2D eigenvalue weighted by molar-refractivity contribution is 5.76. The highest BCUT2D eigenvalue weighted by Gasteiger charge is 2.06. The number of aromatic nitrogens is 2. The first-order valence-corrected chi connectivity index (χ1v) is 4.52. The molecule has 1 rings (SSSR count). The fourth-order valence-corrected chi connectivity index (χ4v) is 1.04. The maximum atomic E-state index is 12.7. The van der Waals surface area contributed by atoms with E-state index >= 15 is 0 Å². The van der Waals surface area contributed by atoms with E-state index in [1.165, 1.54) is 6.07 Å². The van der Waals surface area contributed by atoms with Crippen LogP contribution in [0.3, 0.4) is 0 Å². The summed E-state index contributed by atoms with van der Waals surface area (Å²) in [6.45, 7) is 0.482. The number of carbonyl (C=O) groups excluding carboxylic acids is 1. The Kier molecular flexibility index (Phi) is 3.96. The normalized spacial score (nSPS) is 9.80. The quantitative estimate of drug-likeness (QED) is 0.724.